The molecule has 1 aliphatic heterocycles. The molecule has 0 unspecified atom stereocenters. The standard InChI is InChI=1S/C19H20N2O2/c1-2-18(22)20-16-10-11-17-15(13-16)9-6-12-21(17)19(23)14-7-4-3-5-8-14/h3-5,7-8,10-11,13H,2,6,9,12H2,1H3,(H,20,22). The molecule has 0 saturated carbocycles. The lowest BCUT2D eigenvalue weighted by atomic mass is 10.00. The minimum Gasteiger partial charge on any atom is -0.326 e. The molecule has 0 atom stereocenters. The van der Waals surface area contributed by atoms with Crippen LogP contribution in [0.5, 0.6) is 0 Å². The van der Waals surface area contributed by atoms with Crippen LogP contribution in [0.25, 0.3) is 0 Å². The van der Waals surface area contributed by atoms with Crippen molar-refractivity contribution in [3.8, 4) is 0 Å². The number of aryl methyl sites for hydroxylation is 1. The van der Waals surface area contributed by atoms with Crippen LogP contribution >= 0.6 is 0 Å². The van der Waals surface area contributed by atoms with Crippen molar-refractivity contribution in [2.75, 3.05) is 16.8 Å². The Morgan fingerprint density at radius 3 is 2.65 bits per heavy atom. The Morgan fingerprint density at radius 1 is 1.13 bits per heavy atom. The average molecular weight is 308 g/mol. The monoisotopic (exact) mass is 308 g/mol. The number of hydrogen-bond donors (Lipinski definition) is 1. The van der Waals surface area contributed by atoms with Gasteiger partial charge in [-0.25, -0.2) is 0 Å². The van der Waals surface area contributed by atoms with E-state index < -0.39 is 0 Å². The minimum absolute atomic E-state index is 0.00187. The number of hydrogen-bond acceptors (Lipinski definition) is 2. The Balaban J connectivity index is 1.88. The largest absolute Gasteiger partial charge is 0.326 e. The first-order valence-electron chi connectivity index (χ1n) is 7.98. The quantitative estimate of drug-likeness (QED) is 0.941. The van der Waals surface area contributed by atoms with Crippen LogP contribution < -0.4 is 10.2 Å². The molecule has 2 aromatic rings. The van der Waals surface area contributed by atoms with Crippen LogP contribution in [-0.4, -0.2) is 18.4 Å². The Bertz CT molecular complexity index is 725. The van der Waals surface area contributed by atoms with E-state index in [2.05, 4.69) is 5.32 Å². The zero-order chi connectivity index (χ0) is 16.2. The molecule has 2 aromatic carbocycles. The average Bonchev–Trinajstić information content (AvgIpc) is 2.61. The lowest BCUT2D eigenvalue weighted by molar-refractivity contribution is -0.115. The highest BCUT2D eigenvalue weighted by Gasteiger charge is 2.23. The van der Waals surface area contributed by atoms with Crippen molar-refractivity contribution in [1.82, 2.24) is 0 Å². The molecule has 0 bridgehead atoms. The number of rotatable bonds is 3. The molecular weight excluding hydrogens is 288 g/mol. The molecule has 1 heterocycles. The summed E-state index contributed by atoms with van der Waals surface area (Å²) in [5, 5.41) is 2.88. The molecule has 2 amide bonds. The zero-order valence-electron chi connectivity index (χ0n) is 13.2. The highest BCUT2D eigenvalue weighted by Crippen LogP contribution is 2.30. The minimum atomic E-state index is -0.00187. The molecule has 1 aliphatic rings. The zero-order valence-corrected chi connectivity index (χ0v) is 13.2. The first-order chi connectivity index (χ1) is 11.2. The van der Waals surface area contributed by atoms with E-state index in [9.17, 15) is 9.59 Å². The molecule has 3 rings (SSSR count). The summed E-state index contributed by atoms with van der Waals surface area (Å²) in [6.45, 7) is 2.55. The van der Waals surface area contributed by atoms with Crippen LogP contribution in [0, 0.1) is 0 Å². The van der Waals surface area contributed by atoms with Gasteiger partial charge in [-0.1, -0.05) is 25.1 Å². The SMILES string of the molecule is CCC(=O)Nc1ccc2c(c1)CCCN2C(=O)c1ccccc1. The van der Waals surface area contributed by atoms with E-state index >= 15 is 0 Å². The normalized spacial score (nSPS) is 13.3. The Hall–Kier alpha value is -2.62. The van der Waals surface area contributed by atoms with Crippen molar-refractivity contribution >= 4 is 23.2 Å². The molecule has 0 saturated heterocycles. The maximum Gasteiger partial charge on any atom is 0.258 e. The summed E-state index contributed by atoms with van der Waals surface area (Å²) in [7, 11) is 0. The Kier molecular flexibility index (Phi) is 4.42. The summed E-state index contributed by atoms with van der Waals surface area (Å²) in [4.78, 5) is 26.1. The maximum atomic E-state index is 12.7. The second-order valence-electron chi connectivity index (χ2n) is 5.67. The first kappa shape index (κ1) is 15.3. The van der Waals surface area contributed by atoms with Crippen LogP contribution in [0.15, 0.2) is 48.5 Å². The second-order valence-corrected chi connectivity index (χ2v) is 5.67. The van der Waals surface area contributed by atoms with Gasteiger partial charge in [0.25, 0.3) is 5.91 Å². The highest BCUT2D eigenvalue weighted by atomic mass is 16.2. The summed E-state index contributed by atoms with van der Waals surface area (Å²) in [5.41, 5.74) is 3.54. The molecule has 23 heavy (non-hydrogen) atoms. The fraction of sp³-hybridized carbons (Fsp3) is 0.263. The molecule has 4 heteroatoms. The molecule has 0 aromatic heterocycles. The third-order valence-electron chi connectivity index (χ3n) is 4.07. The number of nitrogens with one attached hydrogen (secondary N) is 1. The van der Waals surface area contributed by atoms with Crippen molar-refractivity contribution < 1.29 is 9.59 Å². The second kappa shape index (κ2) is 6.65. The van der Waals surface area contributed by atoms with Gasteiger partial charge in [0.05, 0.1) is 0 Å². The van der Waals surface area contributed by atoms with E-state index in [0.717, 1.165) is 36.3 Å². The van der Waals surface area contributed by atoms with Crippen LogP contribution in [0.2, 0.25) is 0 Å². The van der Waals surface area contributed by atoms with Crippen molar-refractivity contribution in [3.63, 3.8) is 0 Å². The summed E-state index contributed by atoms with van der Waals surface area (Å²) >= 11 is 0. The third kappa shape index (κ3) is 3.26. The molecule has 0 aliphatic carbocycles. The van der Waals surface area contributed by atoms with E-state index in [4.69, 9.17) is 0 Å². The molecule has 4 nitrogen and oxygen atoms in total. The molecule has 0 spiro atoms. The number of anilines is 2. The summed E-state index contributed by atoms with van der Waals surface area (Å²) in [5.74, 6) is 0.0230. The lowest BCUT2D eigenvalue weighted by Crippen LogP contribution is -2.35. The van der Waals surface area contributed by atoms with Gasteiger partial charge in [0, 0.05) is 29.9 Å². The van der Waals surface area contributed by atoms with Gasteiger partial charge in [0.2, 0.25) is 5.91 Å². The first-order valence-corrected chi connectivity index (χ1v) is 7.98. The van der Waals surface area contributed by atoms with Gasteiger partial charge in [-0.15, -0.1) is 0 Å². The number of amides is 2. The highest BCUT2D eigenvalue weighted by molar-refractivity contribution is 6.07. The predicted molar refractivity (Wildman–Crippen MR) is 91.8 cm³/mol. The van der Waals surface area contributed by atoms with Gasteiger partial charge in [-0.3, -0.25) is 9.59 Å². The van der Waals surface area contributed by atoms with Gasteiger partial charge in [0.1, 0.15) is 0 Å². The van der Waals surface area contributed by atoms with Gasteiger partial charge < -0.3 is 10.2 Å². The molecular formula is C19H20N2O2. The van der Waals surface area contributed by atoms with Crippen molar-refractivity contribution in [1.29, 1.82) is 0 Å². The smallest absolute Gasteiger partial charge is 0.258 e. The fourth-order valence-corrected chi connectivity index (χ4v) is 2.87. The number of nitrogens with zero attached hydrogens (tertiary/aromatic N) is 1. The van der Waals surface area contributed by atoms with E-state index in [1.165, 1.54) is 0 Å². The molecule has 1 N–H and O–H groups in total. The van der Waals surface area contributed by atoms with E-state index in [1.807, 2.05) is 60.4 Å². The fourth-order valence-electron chi connectivity index (χ4n) is 2.87. The Morgan fingerprint density at radius 2 is 1.91 bits per heavy atom. The summed E-state index contributed by atoms with van der Waals surface area (Å²) < 4.78 is 0. The van der Waals surface area contributed by atoms with Crippen LogP contribution in [0.3, 0.4) is 0 Å². The Labute approximate surface area is 136 Å². The van der Waals surface area contributed by atoms with Crippen molar-refractivity contribution in [2.45, 2.75) is 26.2 Å². The molecule has 0 radical (unpaired) electrons. The number of carbonyl (C=O) groups excluding carboxylic acids is 2. The van der Waals surface area contributed by atoms with Gasteiger partial charge in [-0.05, 0) is 48.7 Å². The molecule has 118 valence electrons. The van der Waals surface area contributed by atoms with E-state index in [1.54, 1.807) is 0 Å². The number of fused-ring (bicyclic) bond motifs is 1. The maximum absolute atomic E-state index is 12.7. The van der Waals surface area contributed by atoms with Gasteiger partial charge >= 0.3 is 0 Å². The molecule has 0 fully saturated rings. The summed E-state index contributed by atoms with van der Waals surface area (Å²) in [6, 6.07) is 15.1. The van der Waals surface area contributed by atoms with E-state index in [-0.39, 0.29) is 11.8 Å². The lowest BCUT2D eigenvalue weighted by Gasteiger charge is -2.30. The number of benzene rings is 2. The van der Waals surface area contributed by atoms with Gasteiger partial charge in [-0.2, -0.15) is 0 Å². The third-order valence-corrected chi connectivity index (χ3v) is 4.07. The van der Waals surface area contributed by atoms with Crippen molar-refractivity contribution in [3.05, 3.63) is 59.7 Å². The van der Waals surface area contributed by atoms with Crippen molar-refractivity contribution in [2.24, 2.45) is 0 Å². The predicted octanol–water partition coefficient (Wildman–Crippen LogP) is 3.63. The topological polar surface area (TPSA) is 49.4 Å². The van der Waals surface area contributed by atoms with Crippen LogP contribution in [-0.2, 0) is 11.2 Å². The van der Waals surface area contributed by atoms with Crippen LogP contribution in [0.1, 0.15) is 35.7 Å². The summed E-state index contributed by atoms with van der Waals surface area (Å²) in [6.07, 6.45) is 2.30. The number of carbonyl (C=O) groups is 2. The van der Waals surface area contributed by atoms with Crippen LogP contribution in [0.4, 0.5) is 11.4 Å². The van der Waals surface area contributed by atoms with E-state index in [0.29, 0.717) is 12.0 Å². The van der Waals surface area contributed by atoms with Gasteiger partial charge in [0.15, 0.2) is 0 Å².